The summed E-state index contributed by atoms with van der Waals surface area (Å²) in [6.07, 6.45) is 3.95. The molecular formula is C8H17Cl2N3O3. The predicted molar refractivity (Wildman–Crippen MR) is 65.2 cm³/mol. The number of nitrogens with two attached hydrogens (primary N) is 1. The van der Waals surface area contributed by atoms with E-state index in [1.165, 1.54) is 0 Å². The highest BCUT2D eigenvalue weighted by Gasteiger charge is 2.01. The number of aliphatic hydroxyl groups is 1. The second-order valence-corrected chi connectivity index (χ2v) is 2.74. The van der Waals surface area contributed by atoms with Gasteiger partial charge in [0.1, 0.15) is 0 Å². The zero-order valence-electron chi connectivity index (χ0n) is 8.79. The summed E-state index contributed by atoms with van der Waals surface area (Å²) in [5, 5.41) is 16.0. The van der Waals surface area contributed by atoms with Crippen LogP contribution in [0.1, 0.15) is 12.6 Å². The first-order chi connectivity index (χ1) is 6.56. The molecule has 16 heavy (non-hydrogen) atoms. The van der Waals surface area contributed by atoms with Crippen molar-refractivity contribution in [2.24, 2.45) is 5.73 Å². The molecule has 1 aromatic rings. The Hall–Kier alpha value is -0.820. The van der Waals surface area contributed by atoms with Crippen molar-refractivity contribution in [1.82, 2.24) is 9.97 Å². The molecule has 0 spiro atoms. The monoisotopic (exact) mass is 273 g/mol. The fourth-order valence-electron chi connectivity index (χ4n) is 0.743. The van der Waals surface area contributed by atoms with Gasteiger partial charge in [0.05, 0.1) is 12.9 Å². The van der Waals surface area contributed by atoms with E-state index >= 15 is 0 Å². The molecule has 0 aromatic carbocycles. The van der Waals surface area contributed by atoms with E-state index in [2.05, 4.69) is 9.97 Å². The molecule has 6 nitrogen and oxygen atoms in total. The highest BCUT2D eigenvalue weighted by atomic mass is 35.5. The van der Waals surface area contributed by atoms with Gasteiger partial charge >= 0.3 is 0 Å². The van der Waals surface area contributed by atoms with Crippen molar-refractivity contribution in [2.75, 3.05) is 6.61 Å². The number of aliphatic hydroxyl groups excluding tert-OH is 1. The topological polar surface area (TPSA) is 112 Å². The van der Waals surface area contributed by atoms with Crippen molar-refractivity contribution in [1.29, 1.82) is 0 Å². The maximum Gasteiger partial charge on any atom is 0.300 e. The van der Waals surface area contributed by atoms with E-state index in [-0.39, 0.29) is 37.5 Å². The molecule has 1 heterocycles. The zero-order chi connectivity index (χ0) is 11.0. The van der Waals surface area contributed by atoms with Crippen LogP contribution in [0.4, 0.5) is 0 Å². The minimum atomic E-state index is -0.833. The van der Waals surface area contributed by atoms with E-state index in [0.717, 1.165) is 12.6 Å². The van der Waals surface area contributed by atoms with Crippen molar-refractivity contribution in [3.05, 3.63) is 18.2 Å². The summed E-state index contributed by atoms with van der Waals surface area (Å²) >= 11 is 0. The molecule has 1 rings (SSSR count). The van der Waals surface area contributed by atoms with Gasteiger partial charge in [0.2, 0.25) is 0 Å². The number of nitrogens with zero attached hydrogens (tertiary/aromatic N) is 1. The molecule has 0 amide bonds. The van der Waals surface area contributed by atoms with Gasteiger partial charge in [0.25, 0.3) is 5.97 Å². The molecular weight excluding hydrogens is 257 g/mol. The Morgan fingerprint density at radius 1 is 1.62 bits per heavy atom. The second-order valence-electron chi connectivity index (χ2n) is 2.74. The van der Waals surface area contributed by atoms with Gasteiger partial charge in [-0.15, -0.1) is 24.8 Å². The fourth-order valence-corrected chi connectivity index (χ4v) is 0.743. The van der Waals surface area contributed by atoms with E-state index in [1.807, 2.05) is 0 Å². The summed E-state index contributed by atoms with van der Waals surface area (Å²) in [4.78, 5) is 15.7. The average molecular weight is 274 g/mol. The molecule has 0 aliphatic rings. The number of carbonyl (C=O) groups is 1. The SMILES string of the molecule is CC(=O)O.Cl.Cl.NC(CO)Cc1cnc[nH]1. The molecule has 96 valence electrons. The van der Waals surface area contributed by atoms with Crippen LogP contribution in [0.2, 0.25) is 0 Å². The smallest absolute Gasteiger partial charge is 0.300 e. The second kappa shape index (κ2) is 12.3. The molecule has 0 aliphatic carbocycles. The zero-order valence-corrected chi connectivity index (χ0v) is 10.4. The van der Waals surface area contributed by atoms with Crippen molar-refractivity contribution in [2.45, 2.75) is 19.4 Å². The van der Waals surface area contributed by atoms with Gasteiger partial charge in [-0.25, -0.2) is 4.98 Å². The van der Waals surface area contributed by atoms with E-state index in [4.69, 9.17) is 20.7 Å². The number of imidazole rings is 1. The molecule has 0 fully saturated rings. The van der Waals surface area contributed by atoms with Gasteiger partial charge in [-0.1, -0.05) is 0 Å². The minimum Gasteiger partial charge on any atom is -0.481 e. The van der Waals surface area contributed by atoms with Crippen molar-refractivity contribution in [3.63, 3.8) is 0 Å². The number of aliphatic carboxylic acids is 1. The Morgan fingerprint density at radius 2 is 2.12 bits per heavy atom. The lowest BCUT2D eigenvalue weighted by Gasteiger charge is -2.03. The third-order valence-electron chi connectivity index (χ3n) is 1.27. The van der Waals surface area contributed by atoms with Crippen LogP contribution in [0, 0.1) is 0 Å². The van der Waals surface area contributed by atoms with Gasteiger partial charge in [-0.2, -0.15) is 0 Å². The molecule has 0 aliphatic heterocycles. The summed E-state index contributed by atoms with van der Waals surface area (Å²) in [6, 6.07) is -0.180. The Kier molecular flexibility index (Phi) is 15.8. The molecule has 0 saturated heterocycles. The summed E-state index contributed by atoms with van der Waals surface area (Å²) in [7, 11) is 0. The number of hydrogen-bond donors (Lipinski definition) is 4. The normalized spacial score (nSPS) is 9.94. The van der Waals surface area contributed by atoms with E-state index in [0.29, 0.717) is 6.42 Å². The predicted octanol–water partition coefficient (Wildman–Crippen LogP) is 0.206. The first-order valence-electron chi connectivity index (χ1n) is 4.09. The van der Waals surface area contributed by atoms with Gasteiger partial charge in [0, 0.05) is 31.3 Å². The number of aromatic nitrogens is 2. The molecule has 1 unspecified atom stereocenters. The summed E-state index contributed by atoms with van der Waals surface area (Å²) in [5.74, 6) is -0.833. The highest BCUT2D eigenvalue weighted by Crippen LogP contribution is 1.94. The van der Waals surface area contributed by atoms with Gasteiger partial charge in [-0.05, 0) is 0 Å². The first kappa shape index (κ1) is 20.6. The number of H-pyrrole nitrogens is 1. The maximum absolute atomic E-state index is 9.00. The van der Waals surface area contributed by atoms with Crippen molar-refractivity contribution in [3.8, 4) is 0 Å². The number of nitrogens with one attached hydrogen (secondary N) is 1. The summed E-state index contributed by atoms with van der Waals surface area (Å²) in [6.45, 7) is 1.10. The van der Waals surface area contributed by atoms with Crippen LogP contribution >= 0.6 is 24.8 Å². The lowest BCUT2D eigenvalue weighted by Crippen LogP contribution is -2.26. The Balaban J connectivity index is -0.000000249. The average Bonchev–Trinajstić information content (AvgIpc) is 2.55. The quantitative estimate of drug-likeness (QED) is 0.629. The molecule has 0 saturated carbocycles. The van der Waals surface area contributed by atoms with Gasteiger partial charge in [0.15, 0.2) is 0 Å². The minimum absolute atomic E-state index is 0. The molecule has 0 radical (unpaired) electrons. The maximum atomic E-state index is 9.00. The lowest BCUT2D eigenvalue weighted by molar-refractivity contribution is -0.134. The molecule has 5 N–H and O–H groups in total. The van der Waals surface area contributed by atoms with Crippen LogP contribution in [-0.4, -0.2) is 38.8 Å². The van der Waals surface area contributed by atoms with Crippen LogP contribution < -0.4 is 5.73 Å². The summed E-state index contributed by atoms with van der Waals surface area (Å²) in [5.41, 5.74) is 6.43. The van der Waals surface area contributed by atoms with E-state index in [9.17, 15) is 0 Å². The van der Waals surface area contributed by atoms with E-state index in [1.54, 1.807) is 12.5 Å². The van der Waals surface area contributed by atoms with Crippen molar-refractivity contribution >= 4 is 30.8 Å². The van der Waals surface area contributed by atoms with Crippen LogP contribution in [0.3, 0.4) is 0 Å². The summed E-state index contributed by atoms with van der Waals surface area (Å²) < 4.78 is 0. The first-order valence-corrected chi connectivity index (χ1v) is 4.09. The standard InChI is InChI=1S/C6H11N3O.C2H4O2.2ClH/c7-5(3-10)1-6-2-8-4-9-6;1-2(3)4;;/h2,4-5,10H,1,3,7H2,(H,8,9);1H3,(H,3,4);2*1H. The van der Waals surface area contributed by atoms with Crippen LogP contribution in [0.15, 0.2) is 12.5 Å². The van der Waals surface area contributed by atoms with Crippen LogP contribution in [-0.2, 0) is 11.2 Å². The third kappa shape index (κ3) is 13.2. The fraction of sp³-hybridized carbons (Fsp3) is 0.500. The van der Waals surface area contributed by atoms with Crippen LogP contribution in [0.25, 0.3) is 0 Å². The molecule has 8 heteroatoms. The number of aromatic amines is 1. The Morgan fingerprint density at radius 3 is 2.44 bits per heavy atom. The largest absolute Gasteiger partial charge is 0.481 e. The van der Waals surface area contributed by atoms with Gasteiger partial charge < -0.3 is 20.9 Å². The number of halogens is 2. The lowest BCUT2D eigenvalue weighted by atomic mass is 10.2. The van der Waals surface area contributed by atoms with Crippen LogP contribution in [0.5, 0.6) is 0 Å². The Bertz CT molecular complexity index is 253. The van der Waals surface area contributed by atoms with Crippen molar-refractivity contribution < 1.29 is 15.0 Å². The number of rotatable bonds is 3. The number of carboxylic acid groups (broad SMARTS) is 1. The van der Waals surface area contributed by atoms with Gasteiger partial charge in [-0.3, -0.25) is 4.79 Å². The highest BCUT2D eigenvalue weighted by molar-refractivity contribution is 5.85. The molecule has 0 bridgehead atoms. The Labute approximate surface area is 106 Å². The molecule has 1 aromatic heterocycles. The molecule has 1 atom stereocenters. The number of carboxylic acids is 1. The third-order valence-corrected chi connectivity index (χ3v) is 1.27. The number of hydrogen-bond acceptors (Lipinski definition) is 4. The van der Waals surface area contributed by atoms with E-state index < -0.39 is 5.97 Å².